The van der Waals surface area contributed by atoms with Gasteiger partial charge in [-0.1, -0.05) is 0 Å². The van der Waals surface area contributed by atoms with Gasteiger partial charge in [0.2, 0.25) is 0 Å². The average molecular weight is 94.1 g/mol. The Kier molecular flexibility index (Phi) is 4.57. The third-order valence-corrected chi connectivity index (χ3v) is 0.138. The van der Waals surface area contributed by atoms with Crippen LogP contribution in [0.1, 0.15) is 0 Å². The van der Waals surface area contributed by atoms with E-state index in [2.05, 4.69) is 21.7 Å². The molecule has 0 bridgehead atoms. The quantitative estimate of drug-likeness (QED) is 0.136. The zero-order valence-electron chi connectivity index (χ0n) is 2.97. The summed E-state index contributed by atoms with van der Waals surface area (Å²) in [7, 11) is 0. The van der Waals surface area contributed by atoms with Crippen LogP contribution in [0.15, 0.2) is 0 Å². The number of nitrogens with one attached hydrogen (secondary N) is 2. The van der Waals surface area contributed by atoms with E-state index in [1.165, 1.54) is 0 Å². The Bertz CT molecular complexity index is 17.5. The zero-order valence-corrected chi connectivity index (χ0v) is 2.97. The molecule has 0 aromatic rings. The Balaban J connectivity index is 2.34. The lowest BCUT2D eigenvalue weighted by Gasteiger charge is -1.92. The van der Waals surface area contributed by atoms with Crippen LogP contribution in [-0.2, 0) is 9.98 Å². The molecule has 0 spiro atoms. The van der Waals surface area contributed by atoms with E-state index in [0.717, 1.165) is 0 Å². The summed E-state index contributed by atoms with van der Waals surface area (Å²) in [5.41, 5.74) is 3.41. The second-order valence-electron chi connectivity index (χ2n) is 0.402. The molecule has 0 amide bonds. The first-order chi connectivity index (χ1) is 2.91. The number of rotatable bonds is 3. The third-order valence-electron chi connectivity index (χ3n) is 0.138. The predicted octanol–water partition coefficient (Wildman–Crippen LogP) is -2.31. The van der Waals surface area contributed by atoms with Crippen molar-refractivity contribution in [2.75, 3.05) is 0 Å². The normalized spacial score (nSPS) is 9.00. The standard InChI is InChI=1S/H6N4O2/c1-3-5-6-4-2/h3-4H,1-2H2. The Morgan fingerprint density at radius 1 is 1.00 bits per heavy atom. The summed E-state index contributed by atoms with van der Waals surface area (Å²) in [4.78, 5) is 7.55. The topological polar surface area (TPSA) is 94.6 Å². The fourth-order valence-corrected chi connectivity index (χ4v) is 0.0481. The highest BCUT2D eigenvalue weighted by atomic mass is 17.3. The highest BCUT2D eigenvalue weighted by Gasteiger charge is 1.68. The molecule has 0 rings (SSSR count). The van der Waals surface area contributed by atoms with Gasteiger partial charge >= 0.3 is 0 Å². The Morgan fingerprint density at radius 2 is 1.33 bits per heavy atom. The molecule has 0 aliphatic carbocycles. The Morgan fingerprint density at radius 3 is 1.50 bits per heavy atom. The maximum absolute atomic E-state index is 4.52. The summed E-state index contributed by atoms with van der Waals surface area (Å²) in [6, 6.07) is 0. The summed E-state index contributed by atoms with van der Waals surface area (Å²) in [5, 5.41) is 0. The van der Waals surface area contributed by atoms with E-state index in [1.54, 1.807) is 11.2 Å². The van der Waals surface area contributed by atoms with Gasteiger partial charge in [-0.05, 0) is 0 Å². The predicted molar refractivity (Wildman–Crippen MR) is 16.8 cm³/mol. The first-order valence-electron chi connectivity index (χ1n) is 1.15. The van der Waals surface area contributed by atoms with Crippen molar-refractivity contribution in [1.29, 1.82) is 0 Å². The van der Waals surface area contributed by atoms with Gasteiger partial charge in [-0.25, -0.2) is 11.7 Å². The Hall–Kier alpha value is -0.240. The molecule has 6 heavy (non-hydrogen) atoms. The molecule has 0 aliphatic heterocycles. The van der Waals surface area contributed by atoms with Crippen LogP contribution in [0.2, 0.25) is 0 Å². The van der Waals surface area contributed by atoms with Gasteiger partial charge in [-0.3, -0.25) is 0 Å². The van der Waals surface area contributed by atoms with Crippen LogP contribution in [0.4, 0.5) is 0 Å². The third kappa shape index (κ3) is 3.76. The molecule has 0 aliphatic rings. The molecule has 0 fully saturated rings. The van der Waals surface area contributed by atoms with Gasteiger partial charge in [0.15, 0.2) is 0 Å². The fraction of sp³-hybridized carbons (Fsp3) is 0. The molecule has 0 saturated carbocycles. The number of hydrazine groups is 2. The van der Waals surface area contributed by atoms with E-state index >= 15 is 0 Å². The van der Waals surface area contributed by atoms with Crippen LogP contribution in [0.5, 0.6) is 0 Å². The van der Waals surface area contributed by atoms with Crippen molar-refractivity contribution in [3.8, 4) is 0 Å². The minimum Gasteiger partial charge on any atom is -0.245 e. The second kappa shape index (κ2) is 4.76. The summed E-state index contributed by atoms with van der Waals surface area (Å²) in [5.74, 6) is 9.04. The van der Waals surface area contributed by atoms with Gasteiger partial charge < -0.3 is 0 Å². The summed E-state index contributed by atoms with van der Waals surface area (Å²) in [6.07, 6.45) is 0. The van der Waals surface area contributed by atoms with Crippen molar-refractivity contribution in [1.82, 2.24) is 11.2 Å². The lowest BCUT2D eigenvalue weighted by molar-refractivity contribution is -0.375. The van der Waals surface area contributed by atoms with Crippen LogP contribution in [0.3, 0.4) is 0 Å². The van der Waals surface area contributed by atoms with Crippen molar-refractivity contribution < 1.29 is 9.98 Å². The molecule has 6 heteroatoms. The van der Waals surface area contributed by atoms with Gasteiger partial charge in [-0.2, -0.15) is 0 Å². The maximum atomic E-state index is 4.52. The minimum atomic E-state index is 1.70. The highest BCUT2D eigenvalue weighted by Crippen LogP contribution is 1.49. The molecule has 0 radical (unpaired) electrons. The van der Waals surface area contributed by atoms with Crippen LogP contribution in [-0.4, -0.2) is 0 Å². The summed E-state index contributed by atoms with van der Waals surface area (Å²) >= 11 is 0. The average Bonchev–Trinajstić information content (AvgIpc) is 1.61. The van der Waals surface area contributed by atoms with Gasteiger partial charge in [0, 0.05) is 0 Å². The highest BCUT2D eigenvalue weighted by molar-refractivity contribution is 3.59. The van der Waals surface area contributed by atoms with Crippen LogP contribution < -0.4 is 22.9 Å². The van der Waals surface area contributed by atoms with Gasteiger partial charge in [-0.15, -0.1) is 21.2 Å². The molecule has 6 N–H and O–H groups in total. The summed E-state index contributed by atoms with van der Waals surface area (Å²) < 4.78 is 0. The van der Waals surface area contributed by atoms with E-state index < -0.39 is 0 Å². The van der Waals surface area contributed by atoms with E-state index in [-0.39, 0.29) is 0 Å². The van der Waals surface area contributed by atoms with E-state index in [9.17, 15) is 0 Å². The zero-order chi connectivity index (χ0) is 4.83. The largest absolute Gasteiger partial charge is 0.245 e. The second-order valence-corrected chi connectivity index (χ2v) is 0.402. The van der Waals surface area contributed by atoms with Crippen LogP contribution in [0.25, 0.3) is 0 Å². The Labute approximate surface area is 34.2 Å². The number of nitrogens with two attached hydrogens (primary N) is 2. The van der Waals surface area contributed by atoms with Crippen LogP contribution in [0, 0.1) is 0 Å². The van der Waals surface area contributed by atoms with Crippen LogP contribution >= 0.6 is 0 Å². The van der Waals surface area contributed by atoms with Crippen molar-refractivity contribution in [2.24, 2.45) is 11.7 Å². The maximum Gasteiger partial charge on any atom is -0.105 e. The molecular weight excluding hydrogens is 88.0 g/mol. The first-order valence-corrected chi connectivity index (χ1v) is 1.15. The molecule has 0 atom stereocenters. The van der Waals surface area contributed by atoms with Crippen molar-refractivity contribution >= 4 is 0 Å². The molecule has 0 aromatic heterocycles. The van der Waals surface area contributed by atoms with Gasteiger partial charge in [0.25, 0.3) is 0 Å². The van der Waals surface area contributed by atoms with E-state index in [1.807, 2.05) is 0 Å². The molecular formula is H6N4O2. The SMILES string of the molecule is NNOONN. The van der Waals surface area contributed by atoms with Crippen molar-refractivity contribution in [2.45, 2.75) is 0 Å². The molecule has 6 nitrogen and oxygen atoms in total. The van der Waals surface area contributed by atoms with E-state index in [0.29, 0.717) is 0 Å². The van der Waals surface area contributed by atoms with Crippen molar-refractivity contribution in [3.05, 3.63) is 0 Å². The molecule has 0 heterocycles. The lowest BCUT2D eigenvalue weighted by atomic mass is 12.8. The van der Waals surface area contributed by atoms with E-state index in [4.69, 9.17) is 0 Å². The lowest BCUT2D eigenvalue weighted by Crippen LogP contribution is -2.30. The van der Waals surface area contributed by atoms with Crippen molar-refractivity contribution in [3.63, 3.8) is 0 Å². The molecule has 0 aromatic carbocycles. The minimum absolute atomic E-state index is 1.70. The smallest absolute Gasteiger partial charge is 0.105 e. The number of hydrogen-bond acceptors (Lipinski definition) is 6. The van der Waals surface area contributed by atoms with Gasteiger partial charge in [0.1, 0.15) is 0 Å². The molecule has 0 unspecified atom stereocenters. The monoisotopic (exact) mass is 94.0 g/mol. The molecule has 38 valence electrons. The fourth-order valence-electron chi connectivity index (χ4n) is 0.0481. The van der Waals surface area contributed by atoms with Gasteiger partial charge in [0.05, 0.1) is 0 Å². The first kappa shape index (κ1) is 5.76. The summed E-state index contributed by atoms with van der Waals surface area (Å²) in [6.45, 7) is 0. The molecule has 0 saturated heterocycles. The number of hydrogen-bond donors (Lipinski definition) is 4.